The van der Waals surface area contributed by atoms with Crippen molar-refractivity contribution >= 4 is 11.6 Å². The first-order chi connectivity index (χ1) is 8.58. The van der Waals surface area contributed by atoms with Crippen LogP contribution in [0.4, 0.5) is 11.6 Å². The Kier molecular flexibility index (Phi) is 5.85. The summed E-state index contributed by atoms with van der Waals surface area (Å²) in [7, 11) is 0. The van der Waals surface area contributed by atoms with Gasteiger partial charge in [0.15, 0.2) is 0 Å². The van der Waals surface area contributed by atoms with Crippen LogP contribution in [-0.4, -0.2) is 27.7 Å². The molecule has 0 fully saturated rings. The van der Waals surface area contributed by atoms with Gasteiger partial charge < -0.3 is 16.2 Å². The third-order valence-corrected chi connectivity index (χ3v) is 2.94. The van der Waals surface area contributed by atoms with Crippen LogP contribution in [0.15, 0.2) is 0 Å². The van der Waals surface area contributed by atoms with E-state index in [2.05, 4.69) is 22.2 Å². The highest BCUT2D eigenvalue weighted by atomic mass is 16.3. The molecule has 102 valence electrons. The highest BCUT2D eigenvalue weighted by Crippen LogP contribution is 2.17. The summed E-state index contributed by atoms with van der Waals surface area (Å²) >= 11 is 0. The van der Waals surface area contributed by atoms with Gasteiger partial charge in [-0.1, -0.05) is 13.8 Å². The van der Waals surface area contributed by atoms with E-state index in [-0.39, 0.29) is 6.10 Å². The minimum atomic E-state index is -0.257. The predicted molar refractivity (Wildman–Crippen MR) is 74.6 cm³/mol. The number of aryl methyl sites for hydroxylation is 1. The molecule has 1 aromatic rings. The Morgan fingerprint density at radius 3 is 2.67 bits per heavy atom. The highest BCUT2D eigenvalue weighted by Gasteiger charge is 2.08. The van der Waals surface area contributed by atoms with Gasteiger partial charge in [0, 0.05) is 18.5 Å². The molecule has 1 rings (SSSR count). The Morgan fingerprint density at radius 1 is 1.33 bits per heavy atom. The first-order valence-corrected chi connectivity index (χ1v) is 6.63. The number of aliphatic hydroxyl groups excluding tert-OH is 1. The molecule has 5 heteroatoms. The molecule has 0 amide bonds. The maximum Gasteiger partial charge on any atom is 0.134 e. The van der Waals surface area contributed by atoms with E-state index >= 15 is 0 Å². The molecule has 0 spiro atoms. The number of anilines is 2. The van der Waals surface area contributed by atoms with Crippen molar-refractivity contribution in [1.82, 2.24) is 9.97 Å². The second kappa shape index (κ2) is 7.16. The van der Waals surface area contributed by atoms with Gasteiger partial charge in [0.05, 0.1) is 6.10 Å². The van der Waals surface area contributed by atoms with E-state index in [1.165, 1.54) is 0 Å². The van der Waals surface area contributed by atoms with Gasteiger partial charge in [-0.15, -0.1) is 0 Å². The lowest BCUT2D eigenvalue weighted by atomic mass is 10.2. The maximum atomic E-state index is 9.50. The van der Waals surface area contributed by atoms with E-state index in [0.29, 0.717) is 18.8 Å². The van der Waals surface area contributed by atoms with Crippen molar-refractivity contribution in [3.8, 4) is 0 Å². The van der Waals surface area contributed by atoms with Crippen molar-refractivity contribution in [2.45, 2.75) is 52.6 Å². The highest BCUT2D eigenvalue weighted by molar-refractivity contribution is 5.54. The molecule has 1 heterocycles. The van der Waals surface area contributed by atoms with E-state index in [4.69, 9.17) is 5.73 Å². The molecule has 0 aliphatic carbocycles. The Balaban J connectivity index is 2.68. The van der Waals surface area contributed by atoms with Crippen molar-refractivity contribution in [3.63, 3.8) is 0 Å². The van der Waals surface area contributed by atoms with Crippen LogP contribution in [0.5, 0.6) is 0 Å². The quantitative estimate of drug-likeness (QED) is 0.690. The Bertz CT molecular complexity index is 381. The maximum absolute atomic E-state index is 9.50. The third kappa shape index (κ3) is 4.14. The Morgan fingerprint density at radius 2 is 2.06 bits per heavy atom. The van der Waals surface area contributed by atoms with Crippen molar-refractivity contribution in [3.05, 3.63) is 11.4 Å². The number of rotatable bonds is 7. The summed E-state index contributed by atoms with van der Waals surface area (Å²) < 4.78 is 0. The summed E-state index contributed by atoms with van der Waals surface area (Å²) in [6, 6.07) is 0. The van der Waals surface area contributed by atoms with Gasteiger partial charge in [0.1, 0.15) is 17.5 Å². The molecule has 1 atom stereocenters. The number of nitrogens with zero attached hydrogens (tertiary/aromatic N) is 2. The zero-order chi connectivity index (χ0) is 13.5. The molecule has 4 N–H and O–H groups in total. The van der Waals surface area contributed by atoms with Gasteiger partial charge in [-0.25, -0.2) is 9.97 Å². The van der Waals surface area contributed by atoms with Crippen molar-refractivity contribution in [1.29, 1.82) is 0 Å². The Labute approximate surface area is 109 Å². The fourth-order valence-corrected chi connectivity index (χ4v) is 1.65. The largest absolute Gasteiger partial charge is 0.393 e. The fraction of sp³-hybridized carbons (Fsp3) is 0.692. The molecule has 0 aromatic carbocycles. The van der Waals surface area contributed by atoms with Crippen LogP contribution < -0.4 is 11.1 Å². The normalized spacial score (nSPS) is 12.4. The summed E-state index contributed by atoms with van der Waals surface area (Å²) in [5.41, 5.74) is 6.74. The van der Waals surface area contributed by atoms with Crippen LogP contribution in [0.25, 0.3) is 0 Å². The average molecular weight is 252 g/mol. The standard InChI is InChI=1S/C13H24N4O/c1-4-6-11-16-12(14)9(3)13(17-11)15-8-7-10(18)5-2/h10,18H,4-8H2,1-3H3,(H3,14,15,16,17). The summed E-state index contributed by atoms with van der Waals surface area (Å²) in [4.78, 5) is 8.72. The molecule has 0 aliphatic heterocycles. The number of aromatic nitrogens is 2. The smallest absolute Gasteiger partial charge is 0.134 e. The lowest BCUT2D eigenvalue weighted by Gasteiger charge is -2.13. The molecule has 0 saturated carbocycles. The Hall–Kier alpha value is -1.36. The van der Waals surface area contributed by atoms with E-state index < -0.39 is 0 Å². The number of hydrogen-bond donors (Lipinski definition) is 3. The molecular weight excluding hydrogens is 228 g/mol. The number of aliphatic hydroxyl groups is 1. The van der Waals surface area contributed by atoms with E-state index in [9.17, 15) is 5.11 Å². The molecule has 0 aliphatic rings. The van der Waals surface area contributed by atoms with Crippen molar-refractivity contribution in [2.75, 3.05) is 17.6 Å². The van der Waals surface area contributed by atoms with Crippen LogP contribution >= 0.6 is 0 Å². The monoisotopic (exact) mass is 252 g/mol. The number of nitrogens with one attached hydrogen (secondary N) is 1. The minimum absolute atomic E-state index is 0.257. The first-order valence-electron chi connectivity index (χ1n) is 6.63. The van der Waals surface area contributed by atoms with Gasteiger partial charge in [-0.2, -0.15) is 0 Å². The second-order valence-corrected chi connectivity index (χ2v) is 4.53. The number of nitrogen functional groups attached to an aromatic ring is 1. The van der Waals surface area contributed by atoms with Crippen molar-refractivity contribution in [2.24, 2.45) is 0 Å². The van der Waals surface area contributed by atoms with Crippen LogP contribution in [0.2, 0.25) is 0 Å². The number of hydrogen-bond acceptors (Lipinski definition) is 5. The molecule has 18 heavy (non-hydrogen) atoms. The van der Waals surface area contributed by atoms with E-state index in [1.54, 1.807) is 0 Å². The summed E-state index contributed by atoms with van der Waals surface area (Å²) in [6.07, 6.45) is 3.05. The van der Waals surface area contributed by atoms with Gasteiger partial charge in [0.2, 0.25) is 0 Å². The topological polar surface area (TPSA) is 84.1 Å². The number of nitrogens with two attached hydrogens (primary N) is 1. The van der Waals surface area contributed by atoms with Gasteiger partial charge >= 0.3 is 0 Å². The first kappa shape index (κ1) is 14.7. The average Bonchev–Trinajstić information content (AvgIpc) is 2.35. The molecule has 1 aromatic heterocycles. The predicted octanol–water partition coefficient (Wildman–Crippen LogP) is 1.89. The van der Waals surface area contributed by atoms with Crippen LogP contribution in [0.1, 0.15) is 44.5 Å². The lowest BCUT2D eigenvalue weighted by molar-refractivity contribution is 0.164. The summed E-state index contributed by atoms with van der Waals surface area (Å²) in [6.45, 7) is 6.66. The SMILES string of the molecule is CCCc1nc(N)c(C)c(NCCC(O)CC)n1. The molecule has 0 radical (unpaired) electrons. The zero-order valence-corrected chi connectivity index (χ0v) is 11.5. The molecule has 0 saturated heterocycles. The molecule has 0 bridgehead atoms. The fourth-order valence-electron chi connectivity index (χ4n) is 1.65. The molecule has 5 nitrogen and oxygen atoms in total. The lowest BCUT2D eigenvalue weighted by Crippen LogP contribution is -2.15. The summed E-state index contributed by atoms with van der Waals surface area (Å²) in [5.74, 6) is 2.10. The van der Waals surface area contributed by atoms with E-state index in [0.717, 1.165) is 36.5 Å². The molecule has 1 unspecified atom stereocenters. The van der Waals surface area contributed by atoms with Gasteiger partial charge in [-0.05, 0) is 26.2 Å². The van der Waals surface area contributed by atoms with Gasteiger partial charge in [-0.3, -0.25) is 0 Å². The zero-order valence-electron chi connectivity index (χ0n) is 11.5. The van der Waals surface area contributed by atoms with Crippen LogP contribution in [0.3, 0.4) is 0 Å². The summed E-state index contributed by atoms with van der Waals surface area (Å²) in [5, 5.41) is 12.7. The molecular formula is C13H24N4O. The van der Waals surface area contributed by atoms with Crippen LogP contribution in [-0.2, 0) is 6.42 Å². The minimum Gasteiger partial charge on any atom is -0.393 e. The third-order valence-electron chi connectivity index (χ3n) is 2.94. The second-order valence-electron chi connectivity index (χ2n) is 4.53. The van der Waals surface area contributed by atoms with E-state index in [1.807, 2.05) is 13.8 Å². The van der Waals surface area contributed by atoms with Crippen LogP contribution in [0, 0.1) is 6.92 Å². The van der Waals surface area contributed by atoms with Gasteiger partial charge in [0.25, 0.3) is 0 Å². The van der Waals surface area contributed by atoms with Crippen molar-refractivity contribution < 1.29 is 5.11 Å².